The van der Waals surface area contributed by atoms with Crippen molar-refractivity contribution in [1.82, 2.24) is 0 Å². The first kappa shape index (κ1) is 13.9. The third-order valence-electron chi connectivity index (χ3n) is 3.55. The summed E-state index contributed by atoms with van der Waals surface area (Å²) >= 11 is 0. The lowest BCUT2D eigenvalue weighted by Crippen LogP contribution is -2.42. The first-order chi connectivity index (χ1) is 9.57. The SMILES string of the molecule is CC1(C)C=CC=C(c2ccccc2)C1(N=C=O)N=C=O. The Hall–Kier alpha value is -2.54. The predicted molar refractivity (Wildman–Crippen MR) is 76.3 cm³/mol. The third kappa shape index (κ3) is 2.08. The number of isocyanates is 2. The average Bonchev–Trinajstić information content (AvgIpc) is 2.43. The van der Waals surface area contributed by atoms with E-state index < -0.39 is 11.1 Å². The molecule has 0 heterocycles. The highest BCUT2D eigenvalue weighted by atomic mass is 16.1. The molecule has 0 saturated carbocycles. The van der Waals surface area contributed by atoms with E-state index in [9.17, 15) is 9.59 Å². The molecule has 0 spiro atoms. The second-order valence-electron chi connectivity index (χ2n) is 5.11. The molecule has 1 aliphatic rings. The Morgan fingerprint density at radius 2 is 1.60 bits per heavy atom. The summed E-state index contributed by atoms with van der Waals surface area (Å²) < 4.78 is 0. The van der Waals surface area contributed by atoms with Gasteiger partial charge in [0.25, 0.3) is 0 Å². The monoisotopic (exact) mass is 266 g/mol. The van der Waals surface area contributed by atoms with Gasteiger partial charge in [-0.3, -0.25) is 0 Å². The molecule has 0 unspecified atom stereocenters. The molecule has 0 atom stereocenters. The molecule has 4 heteroatoms. The molecule has 0 bridgehead atoms. The molecule has 0 radical (unpaired) electrons. The highest BCUT2D eigenvalue weighted by Gasteiger charge is 2.49. The van der Waals surface area contributed by atoms with Gasteiger partial charge in [0.15, 0.2) is 0 Å². The van der Waals surface area contributed by atoms with E-state index in [-0.39, 0.29) is 0 Å². The van der Waals surface area contributed by atoms with Crippen LogP contribution in [0.1, 0.15) is 19.4 Å². The van der Waals surface area contributed by atoms with Crippen molar-refractivity contribution in [3.05, 3.63) is 54.1 Å². The van der Waals surface area contributed by atoms with Crippen LogP contribution in [0, 0.1) is 5.41 Å². The third-order valence-corrected chi connectivity index (χ3v) is 3.55. The van der Waals surface area contributed by atoms with Crippen molar-refractivity contribution in [3.8, 4) is 0 Å². The zero-order chi connectivity index (χ0) is 14.6. The van der Waals surface area contributed by atoms with Crippen LogP contribution in [0.3, 0.4) is 0 Å². The van der Waals surface area contributed by atoms with E-state index in [0.717, 1.165) is 5.56 Å². The zero-order valence-electron chi connectivity index (χ0n) is 11.3. The molecule has 100 valence electrons. The van der Waals surface area contributed by atoms with E-state index in [2.05, 4.69) is 9.98 Å². The van der Waals surface area contributed by atoms with Crippen LogP contribution < -0.4 is 0 Å². The summed E-state index contributed by atoms with van der Waals surface area (Å²) in [6, 6.07) is 9.41. The van der Waals surface area contributed by atoms with Crippen molar-refractivity contribution in [1.29, 1.82) is 0 Å². The topological polar surface area (TPSA) is 58.9 Å². The maximum Gasteiger partial charge on any atom is 0.237 e. The van der Waals surface area contributed by atoms with E-state index in [1.807, 2.05) is 62.4 Å². The van der Waals surface area contributed by atoms with Crippen LogP contribution in [0.5, 0.6) is 0 Å². The molecule has 20 heavy (non-hydrogen) atoms. The fourth-order valence-electron chi connectivity index (χ4n) is 2.45. The molecule has 2 rings (SSSR count). The number of benzene rings is 1. The Bertz CT molecular complexity index is 641. The van der Waals surface area contributed by atoms with E-state index in [1.165, 1.54) is 0 Å². The fourth-order valence-corrected chi connectivity index (χ4v) is 2.45. The number of aliphatic imine (C=N–C) groups is 2. The lowest BCUT2D eigenvalue weighted by atomic mass is 9.70. The van der Waals surface area contributed by atoms with E-state index in [4.69, 9.17) is 0 Å². The molecule has 0 aromatic heterocycles. The quantitative estimate of drug-likeness (QED) is 0.623. The maximum absolute atomic E-state index is 10.9. The highest BCUT2D eigenvalue weighted by molar-refractivity contribution is 5.79. The highest BCUT2D eigenvalue weighted by Crippen LogP contribution is 2.48. The molecule has 4 nitrogen and oxygen atoms in total. The Morgan fingerprint density at radius 1 is 1.00 bits per heavy atom. The van der Waals surface area contributed by atoms with Crippen molar-refractivity contribution < 1.29 is 9.59 Å². The van der Waals surface area contributed by atoms with Crippen molar-refractivity contribution in [2.75, 3.05) is 0 Å². The number of carbonyl (C=O) groups excluding carboxylic acids is 2. The van der Waals surface area contributed by atoms with Gasteiger partial charge in [-0.1, -0.05) is 62.4 Å². The van der Waals surface area contributed by atoms with Crippen molar-refractivity contribution in [2.45, 2.75) is 19.5 Å². The van der Waals surface area contributed by atoms with Crippen LogP contribution in [0.15, 0.2) is 58.5 Å². The number of hydrogen-bond acceptors (Lipinski definition) is 4. The van der Waals surface area contributed by atoms with Gasteiger partial charge in [0.1, 0.15) is 0 Å². The smallest absolute Gasteiger partial charge is 0.211 e. The Kier molecular flexibility index (Phi) is 3.62. The lowest BCUT2D eigenvalue weighted by Gasteiger charge is -2.40. The number of rotatable bonds is 3. The van der Waals surface area contributed by atoms with Crippen LogP contribution in [-0.2, 0) is 9.59 Å². The summed E-state index contributed by atoms with van der Waals surface area (Å²) in [5.41, 5.74) is -0.436. The molecule has 1 aromatic rings. The first-order valence-electron chi connectivity index (χ1n) is 6.21. The summed E-state index contributed by atoms with van der Waals surface area (Å²) in [7, 11) is 0. The van der Waals surface area contributed by atoms with Crippen molar-refractivity contribution in [2.24, 2.45) is 15.4 Å². The summed E-state index contributed by atoms with van der Waals surface area (Å²) in [4.78, 5) is 29.5. The minimum Gasteiger partial charge on any atom is -0.211 e. The summed E-state index contributed by atoms with van der Waals surface area (Å²) in [5.74, 6) is 0. The standard InChI is InChI=1S/C16H14N2O2/c1-15(2)10-6-9-14(13-7-4-3-5-8-13)16(15,17-11-19)18-12-20/h3-10H,1-2H3. The summed E-state index contributed by atoms with van der Waals surface area (Å²) in [6.45, 7) is 3.72. The van der Waals surface area contributed by atoms with Gasteiger partial charge in [0.2, 0.25) is 17.8 Å². The van der Waals surface area contributed by atoms with Gasteiger partial charge in [-0.25, -0.2) is 9.59 Å². The maximum atomic E-state index is 10.9. The Morgan fingerprint density at radius 3 is 2.15 bits per heavy atom. The molecule has 1 aromatic carbocycles. The van der Waals surface area contributed by atoms with E-state index in [0.29, 0.717) is 5.57 Å². The van der Waals surface area contributed by atoms with Gasteiger partial charge in [-0.05, 0) is 5.56 Å². The number of allylic oxidation sites excluding steroid dienone is 2. The predicted octanol–water partition coefficient (Wildman–Crippen LogP) is 3.03. The molecule has 1 aliphatic carbocycles. The second kappa shape index (κ2) is 5.22. The molecule has 0 amide bonds. The lowest BCUT2D eigenvalue weighted by molar-refractivity contribution is 0.303. The fraction of sp³-hybridized carbons (Fsp3) is 0.250. The number of hydrogen-bond donors (Lipinski definition) is 0. The van der Waals surface area contributed by atoms with Crippen molar-refractivity contribution >= 4 is 17.7 Å². The van der Waals surface area contributed by atoms with Crippen LogP contribution in [-0.4, -0.2) is 17.8 Å². The largest absolute Gasteiger partial charge is 0.237 e. The van der Waals surface area contributed by atoms with Crippen LogP contribution in [0.4, 0.5) is 0 Å². The van der Waals surface area contributed by atoms with Crippen molar-refractivity contribution in [3.63, 3.8) is 0 Å². The zero-order valence-corrected chi connectivity index (χ0v) is 11.3. The molecule has 0 saturated heterocycles. The minimum absolute atomic E-state index is 0.637. The Balaban J connectivity index is 2.75. The van der Waals surface area contributed by atoms with Crippen LogP contribution in [0.2, 0.25) is 0 Å². The first-order valence-corrected chi connectivity index (χ1v) is 6.21. The van der Waals surface area contributed by atoms with Gasteiger partial charge in [-0.2, -0.15) is 9.98 Å². The molecule has 0 aliphatic heterocycles. The Labute approximate surface area is 117 Å². The van der Waals surface area contributed by atoms with E-state index in [1.54, 1.807) is 12.2 Å². The van der Waals surface area contributed by atoms with Gasteiger partial charge < -0.3 is 0 Å². The van der Waals surface area contributed by atoms with E-state index >= 15 is 0 Å². The number of nitrogens with zero attached hydrogens (tertiary/aromatic N) is 2. The molecular weight excluding hydrogens is 252 g/mol. The van der Waals surface area contributed by atoms with Gasteiger partial charge in [0.05, 0.1) is 0 Å². The van der Waals surface area contributed by atoms with Gasteiger partial charge in [-0.15, -0.1) is 0 Å². The molecule has 0 fully saturated rings. The molecular formula is C16H14N2O2. The van der Waals surface area contributed by atoms with Gasteiger partial charge >= 0.3 is 0 Å². The normalized spacial score (nSPS) is 23.2. The molecule has 0 N–H and O–H groups in total. The average molecular weight is 266 g/mol. The van der Waals surface area contributed by atoms with Crippen LogP contribution >= 0.6 is 0 Å². The summed E-state index contributed by atoms with van der Waals surface area (Å²) in [6.07, 6.45) is 8.64. The van der Waals surface area contributed by atoms with Gasteiger partial charge in [0, 0.05) is 11.0 Å². The second-order valence-corrected chi connectivity index (χ2v) is 5.11. The van der Waals surface area contributed by atoms with Crippen LogP contribution in [0.25, 0.3) is 5.57 Å². The minimum atomic E-state index is -1.33. The summed E-state index contributed by atoms with van der Waals surface area (Å²) in [5, 5.41) is 0.